The first-order valence-corrected chi connectivity index (χ1v) is 6.08. The molecule has 1 aromatic carbocycles. The van der Waals surface area contributed by atoms with E-state index in [9.17, 15) is 0 Å². The van der Waals surface area contributed by atoms with Crippen LogP contribution in [0.25, 0.3) is 11.1 Å². The summed E-state index contributed by atoms with van der Waals surface area (Å²) in [5.41, 5.74) is 8.28. The molecular weight excluding hydrogens is 265 g/mol. The van der Waals surface area contributed by atoms with E-state index in [0.717, 1.165) is 16.9 Å². The van der Waals surface area contributed by atoms with Crippen LogP contribution in [0.4, 0.5) is 5.69 Å². The second-order valence-electron chi connectivity index (χ2n) is 3.19. The Kier molecular flexibility index (Phi) is 3.28. The van der Waals surface area contributed by atoms with E-state index in [1.807, 2.05) is 18.2 Å². The standard InChI is InChI=1S/C11H9Cl2NOS/c1-15-6-2-3-7(9(14)4-6)8-5-10(12)16-11(8)13/h2-5H,14H2,1H3. The molecule has 0 radical (unpaired) electrons. The van der Waals surface area contributed by atoms with Crippen molar-refractivity contribution in [3.63, 3.8) is 0 Å². The maximum absolute atomic E-state index is 6.07. The molecule has 1 aromatic heterocycles. The summed E-state index contributed by atoms with van der Waals surface area (Å²) in [7, 11) is 1.60. The van der Waals surface area contributed by atoms with Crippen molar-refractivity contribution in [3.8, 4) is 16.9 Å². The molecule has 0 fully saturated rings. The van der Waals surface area contributed by atoms with Crippen LogP contribution in [-0.2, 0) is 0 Å². The first-order chi connectivity index (χ1) is 7.61. The number of methoxy groups -OCH3 is 1. The van der Waals surface area contributed by atoms with Gasteiger partial charge in [0, 0.05) is 22.9 Å². The minimum absolute atomic E-state index is 0.621. The first kappa shape index (κ1) is 11.6. The second kappa shape index (κ2) is 4.53. The molecule has 0 aliphatic heterocycles. The molecule has 0 spiro atoms. The van der Waals surface area contributed by atoms with Crippen molar-refractivity contribution in [2.45, 2.75) is 0 Å². The molecule has 0 bridgehead atoms. The van der Waals surface area contributed by atoms with Crippen LogP contribution < -0.4 is 10.5 Å². The molecule has 84 valence electrons. The quantitative estimate of drug-likeness (QED) is 0.828. The maximum Gasteiger partial charge on any atom is 0.120 e. The van der Waals surface area contributed by atoms with Crippen molar-refractivity contribution in [3.05, 3.63) is 32.9 Å². The number of ether oxygens (including phenoxy) is 1. The van der Waals surface area contributed by atoms with Crippen molar-refractivity contribution in [1.82, 2.24) is 0 Å². The molecule has 0 aliphatic rings. The monoisotopic (exact) mass is 273 g/mol. The van der Waals surface area contributed by atoms with Crippen LogP contribution in [0, 0.1) is 0 Å². The SMILES string of the molecule is COc1ccc(-c2cc(Cl)sc2Cl)c(N)c1. The zero-order chi connectivity index (χ0) is 11.7. The van der Waals surface area contributed by atoms with Crippen molar-refractivity contribution in [1.29, 1.82) is 0 Å². The van der Waals surface area contributed by atoms with E-state index in [0.29, 0.717) is 14.4 Å². The van der Waals surface area contributed by atoms with Crippen LogP contribution in [0.5, 0.6) is 5.75 Å². The van der Waals surface area contributed by atoms with Crippen LogP contribution in [0.15, 0.2) is 24.3 Å². The molecule has 1 heterocycles. The molecule has 2 N–H and O–H groups in total. The molecule has 0 saturated carbocycles. The summed E-state index contributed by atoms with van der Waals surface area (Å²) in [5.74, 6) is 0.721. The third-order valence-corrected chi connectivity index (χ3v) is 3.69. The van der Waals surface area contributed by atoms with Gasteiger partial charge in [0.25, 0.3) is 0 Å². The normalized spacial score (nSPS) is 10.4. The van der Waals surface area contributed by atoms with E-state index in [1.54, 1.807) is 13.2 Å². The van der Waals surface area contributed by atoms with Gasteiger partial charge >= 0.3 is 0 Å². The Morgan fingerprint density at radius 1 is 1.19 bits per heavy atom. The molecule has 2 rings (SSSR count). The highest BCUT2D eigenvalue weighted by atomic mass is 35.5. The molecular formula is C11H9Cl2NOS. The van der Waals surface area contributed by atoms with Gasteiger partial charge in [0.05, 0.1) is 11.4 Å². The first-order valence-electron chi connectivity index (χ1n) is 4.50. The van der Waals surface area contributed by atoms with Gasteiger partial charge in [0.2, 0.25) is 0 Å². The Morgan fingerprint density at radius 3 is 2.44 bits per heavy atom. The molecule has 0 amide bonds. The number of rotatable bonds is 2. The van der Waals surface area contributed by atoms with Gasteiger partial charge in [-0.1, -0.05) is 23.2 Å². The lowest BCUT2D eigenvalue weighted by Gasteiger charge is -2.06. The van der Waals surface area contributed by atoms with E-state index < -0.39 is 0 Å². The Labute approximate surface area is 108 Å². The number of halogens is 2. The lowest BCUT2D eigenvalue weighted by atomic mass is 10.1. The predicted molar refractivity (Wildman–Crippen MR) is 70.7 cm³/mol. The molecule has 16 heavy (non-hydrogen) atoms. The van der Waals surface area contributed by atoms with Crippen molar-refractivity contribution in [2.24, 2.45) is 0 Å². The zero-order valence-corrected chi connectivity index (χ0v) is 10.8. The predicted octanol–water partition coefficient (Wildman–Crippen LogP) is 4.31. The van der Waals surface area contributed by atoms with E-state index >= 15 is 0 Å². The van der Waals surface area contributed by atoms with Gasteiger partial charge in [-0.3, -0.25) is 0 Å². The number of benzene rings is 1. The number of hydrogen-bond donors (Lipinski definition) is 1. The summed E-state index contributed by atoms with van der Waals surface area (Å²) in [4.78, 5) is 0. The minimum Gasteiger partial charge on any atom is -0.497 e. The highest BCUT2D eigenvalue weighted by Gasteiger charge is 2.11. The summed E-state index contributed by atoms with van der Waals surface area (Å²) in [6.07, 6.45) is 0. The van der Waals surface area contributed by atoms with Gasteiger partial charge in [-0.25, -0.2) is 0 Å². The Morgan fingerprint density at radius 2 is 1.94 bits per heavy atom. The molecule has 5 heteroatoms. The Balaban J connectivity index is 2.52. The molecule has 0 saturated heterocycles. The topological polar surface area (TPSA) is 35.2 Å². The lowest BCUT2D eigenvalue weighted by molar-refractivity contribution is 0.415. The van der Waals surface area contributed by atoms with Crippen LogP contribution in [-0.4, -0.2) is 7.11 Å². The third-order valence-electron chi connectivity index (χ3n) is 2.21. The van der Waals surface area contributed by atoms with Gasteiger partial charge in [0.15, 0.2) is 0 Å². The molecule has 0 unspecified atom stereocenters. The zero-order valence-electron chi connectivity index (χ0n) is 8.46. The summed E-state index contributed by atoms with van der Waals surface area (Å²) in [6.45, 7) is 0. The van der Waals surface area contributed by atoms with E-state index in [1.165, 1.54) is 11.3 Å². The van der Waals surface area contributed by atoms with Gasteiger partial charge in [-0.15, -0.1) is 11.3 Å². The Bertz CT molecular complexity index is 525. The van der Waals surface area contributed by atoms with Gasteiger partial charge in [-0.2, -0.15) is 0 Å². The van der Waals surface area contributed by atoms with E-state index in [2.05, 4.69) is 0 Å². The minimum atomic E-state index is 0.621. The van der Waals surface area contributed by atoms with Crippen molar-refractivity contribution >= 4 is 40.2 Å². The third kappa shape index (κ3) is 2.12. The van der Waals surface area contributed by atoms with Crippen molar-refractivity contribution < 1.29 is 4.74 Å². The fraction of sp³-hybridized carbons (Fsp3) is 0.0909. The average Bonchev–Trinajstić information content (AvgIpc) is 2.57. The van der Waals surface area contributed by atoms with Crippen LogP contribution in [0.3, 0.4) is 0 Å². The van der Waals surface area contributed by atoms with Crippen LogP contribution in [0.2, 0.25) is 8.67 Å². The average molecular weight is 274 g/mol. The second-order valence-corrected chi connectivity index (χ2v) is 5.48. The van der Waals surface area contributed by atoms with E-state index in [-0.39, 0.29) is 0 Å². The Hall–Kier alpha value is -0.900. The lowest BCUT2D eigenvalue weighted by Crippen LogP contribution is -1.91. The fourth-order valence-electron chi connectivity index (χ4n) is 1.44. The van der Waals surface area contributed by atoms with Gasteiger partial charge in [-0.05, 0) is 18.2 Å². The van der Waals surface area contributed by atoms with Crippen molar-refractivity contribution in [2.75, 3.05) is 12.8 Å². The molecule has 0 atom stereocenters. The largest absolute Gasteiger partial charge is 0.497 e. The van der Waals surface area contributed by atoms with E-state index in [4.69, 9.17) is 33.7 Å². The summed E-state index contributed by atoms with van der Waals surface area (Å²) in [5, 5.41) is 0. The maximum atomic E-state index is 6.07. The molecule has 0 aliphatic carbocycles. The number of nitrogens with two attached hydrogens (primary N) is 1. The van der Waals surface area contributed by atoms with Gasteiger partial charge in [0.1, 0.15) is 10.1 Å². The molecule has 2 nitrogen and oxygen atoms in total. The number of nitrogen functional groups attached to an aromatic ring is 1. The van der Waals surface area contributed by atoms with Crippen LogP contribution in [0.1, 0.15) is 0 Å². The fourth-order valence-corrected chi connectivity index (χ4v) is 2.93. The number of thiophene rings is 1. The smallest absolute Gasteiger partial charge is 0.120 e. The number of anilines is 1. The molecule has 2 aromatic rings. The summed E-state index contributed by atoms with van der Waals surface area (Å²) < 4.78 is 6.37. The van der Waals surface area contributed by atoms with Gasteiger partial charge < -0.3 is 10.5 Å². The summed E-state index contributed by atoms with van der Waals surface area (Å²) >= 11 is 13.3. The van der Waals surface area contributed by atoms with Crippen LogP contribution >= 0.6 is 34.5 Å². The number of hydrogen-bond acceptors (Lipinski definition) is 3. The highest BCUT2D eigenvalue weighted by Crippen LogP contribution is 2.40. The summed E-state index contributed by atoms with van der Waals surface area (Å²) in [6, 6.07) is 7.29. The highest BCUT2D eigenvalue weighted by molar-refractivity contribution is 7.20.